The molecule has 0 atom stereocenters. The lowest BCUT2D eigenvalue weighted by Gasteiger charge is -2.12. The molecule has 0 amide bonds. The largest absolute Gasteiger partial charge is 0.497 e. The lowest BCUT2D eigenvalue weighted by Crippen LogP contribution is -2.00. The Labute approximate surface area is 116 Å². The van der Waals surface area contributed by atoms with Crippen LogP contribution < -0.4 is 10.5 Å². The first kappa shape index (κ1) is 13.2. The predicted molar refractivity (Wildman–Crippen MR) is 76.3 cm³/mol. The summed E-state index contributed by atoms with van der Waals surface area (Å²) in [6.07, 6.45) is 0. The Morgan fingerprint density at radius 2 is 1.83 bits per heavy atom. The Hall–Kier alpha value is -1.22. The van der Waals surface area contributed by atoms with Gasteiger partial charge in [0.1, 0.15) is 5.75 Å². The molecule has 0 bridgehead atoms. The molecule has 0 unspecified atom stereocenters. The summed E-state index contributed by atoms with van der Waals surface area (Å²) < 4.78 is 5.19. The van der Waals surface area contributed by atoms with Gasteiger partial charge in [0.05, 0.1) is 7.11 Å². The van der Waals surface area contributed by atoms with Gasteiger partial charge in [-0.25, -0.2) is 0 Å². The summed E-state index contributed by atoms with van der Waals surface area (Å²) in [7, 11) is 1.63. The molecule has 0 heterocycles. The van der Waals surface area contributed by atoms with Crippen molar-refractivity contribution in [3.05, 3.63) is 52.0 Å². The van der Waals surface area contributed by atoms with Crippen molar-refractivity contribution in [2.45, 2.75) is 6.54 Å². The van der Waals surface area contributed by atoms with Crippen molar-refractivity contribution in [3.63, 3.8) is 0 Å². The van der Waals surface area contributed by atoms with Gasteiger partial charge in [-0.2, -0.15) is 0 Å². The fourth-order valence-corrected chi connectivity index (χ4v) is 2.22. The van der Waals surface area contributed by atoms with E-state index >= 15 is 0 Å². The number of nitrogens with two attached hydrogens (primary N) is 1. The Bertz CT molecular complexity index is 570. The summed E-state index contributed by atoms with van der Waals surface area (Å²) in [6, 6.07) is 11.1. The summed E-state index contributed by atoms with van der Waals surface area (Å²) in [6.45, 7) is 0.412. The second kappa shape index (κ2) is 5.61. The molecule has 0 aliphatic rings. The van der Waals surface area contributed by atoms with E-state index in [4.69, 9.17) is 33.7 Å². The van der Waals surface area contributed by atoms with Crippen molar-refractivity contribution in [1.82, 2.24) is 0 Å². The van der Waals surface area contributed by atoms with Crippen LogP contribution in [0.5, 0.6) is 5.75 Å². The highest BCUT2D eigenvalue weighted by atomic mass is 35.5. The zero-order valence-electron chi connectivity index (χ0n) is 9.91. The van der Waals surface area contributed by atoms with E-state index in [2.05, 4.69) is 0 Å². The third-order valence-corrected chi connectivity index (χ3v) is 3.32. The molecule has 0 aromatic heterocycles. The molecule has 2 aromatic rings. The zero-order valence-corrected chi connectivity index (χ0v) is 11.4. The first-order valence-electron chi connectivity index (χ1n) is 5.48. The van der Waals surface area contributed by atoms with Crippen LogP contribution in [0.25, 0.3) is 11.1 Å². The van der Waals surface area contributed by atoms with E-state index < -0.39 is 0 Å². The average molecular weight is 282 g/mol. The van der Waals surface area contributed by atoms with Crippen LogP contribution in [0.15, 0.2) is 36.4 Å². The smallest absolute Gasteiger partial charge is 0.119 e. The molecule has 0 aliphatic heterocycles. The minimum atomic E-state index is 0.412. The van der Waals surface area contributed by atoms with Gasteiger partial charge in [0.25, 0.3) is 0 Å². The van der Waals surface area contributed by atoms with E-state index in [0.29, 0.717) is 16.6 Å². The fraction of sp³-hybridized carbons (Fsp3) is 0.143. The van der Waals surface area contributed by atoms with E-state index in [1.807, 2.05) is 24.3 Å². The summed E-state index contributed by atoms with van der Waals surface area (Å²) in [5, 5.41) is 1.30. The fourth-order valence-electron chi connectivity index (χ4n) is 1.83. The highest BCUT2D eigenvalue weighted by molar-refractivity contribution is 6.35. The van der Waals surface area contributed by atoms with Crippen molar-refractivity contribution < 1.29 is 4.74 Å². The van der Waals surface area contributed by atoms with Gasteiger partial charge in [-0.15, -0.1) is 0 Å². The van der Waals surface area contributed by atoms with Gasteiger partial charge in [-0.3, -0.25) is 0 Å². The van der Waals surface area contributed by atoms with Gasteiger partial charge in [0, 0.05) is 22.2 Å². The molecule has 0 aliphatic carbocycles. The van der Waals surface area contributed by atoms with Gasteiger partial charge in [-0.05, 0) is 41.5 Å². The van der Waals surface area contributed by atoms with Crippen LogP contribution in [0.2, 0.25) is 10.0 Å². The van der Waals surface area contributed by atoms with E-state index in [1.165, 1.54) is 0 Å². The quantitative estimate of drug-likeness (QED) is 0.918. The minimum absolute atomic E-state index is 0.412. The van der Waals surface area contributed by atoms with Gasteiger partial charge < -0.3 is 10.5 Å². The van der Waals surface area contributed by atoms with Crippen LogP contribution in [0.3, 0.4) is 0 Å². The van der Waals surface area contributed by atoms with Gasteiger partial charge in [-0.1, -0.05) is 29.3 Å². The molecule has 0 saturated carbocycles. The number of halogens is 2. The van der Waals surface area contributed by atoms with Crippen molar-refractivity contribution in [1.29, 1.82) is 0 Å². The minimum Gasteiger partial charge on any atom is -0.497 e. The maximum atomic E-state index is 6.20. The topological polar surface area (TPSA) is 35.2 Å². The molecular formula is C14H13Cl2NO. The normalized spacial score (nSPS) is 10.4. The van der Waals surface area contributed by atoms with E-state index in [0.717, 1.165) is 22.4 Å². The summed E-state index contributed by atoms with van der Waals surface area (Å²) in [4.78, 5) is 0. The Morgan fingerprint density at radius 3 is 2.50 bits per heavy atom. The molecule has 18 heavy (non-hydrogen) atoms. The SMILES string of the molecule is COc1ccc(-c2cc(Cl)ccc2Cl)c(CN)c1. The highest BCUT2D eigenvalue weighted by Crippen LogP contribution is 2.34. The highest BCUT2D eigenvalue weighted by Gasteiger charge is 2.09. The molecule has 94 valence electrons. The Balaban J connectivity index is 2.59. The van der Waals surface area contributed by atoms with Crippen LogP contribution in [0.4, 0.5) is 0 Å². The van der Waals surface area contributed by atoms with Gasteiger partial charge in [0.15, 0.2) is 0 Å². The summed E-state index contributed by atoms with van der Waals surface area (Å²) in [5.41, 5.74) is 8.60. The van der Waals surface area contributed by atoms with Crippen LogP contribution in [-0.4, -0.2) is 7.11 Å². The van der Waals surface area contributed by atoms with Crippen molar-refractivity contribution in [2.75, 3.05) is 7.11 Å². The molecule has 0 radical (unpaired) electrons. The maximum Gasteiger partial charge on any atom is 0.119 e. The molecule has 0 saturated heterocycles. The number of hydrogen-bond acceptors (Lipinski definition) is 2. The van der Waals surface area contributed by atoms with Crippen LogP contribution in [0, 0.1) is 0 Å². The molecule has 4 heteroatoms. The molecular weight excluding hydrogens is 269 g/mol. The average Bonchev–Trinajstić information content (AvgIpc) is 2.41. The molecule has 2 nitrogen and oxygen atoms in total. The standard InChI is InChI=1S/C14H13Cl2NO/c1-18-11-3-4-12(9(6-11)8-17)13-7-10(15)2-5-14(13)16/h2-7H,8,17H2,1H3. The number of benzene rings is 2. The van der Waals surface area contributed by atoms with E-state index in [9.17, 15) is 0 Å². The van der Waals surface area contributed by atoms with Crippen molar-refractivity contribution >= 4 is 23.2 Å². The van der Waals surface area contributed by atoms with Crippen molar-refractivity contribution in [2.24, 2.45) is 5.73 Å². The third kappa shape index (κ3) is 2.61. The predicted octanol–water partition coefficient (Wildman–Crippen LogP) is 4.13. The van der Waals surface area contributed by atoms with Gasteiger partial charge >= 0.3 is 0 Å². The monoisotopic (exact) mass is 281 g/mol. The maximum absolute atomic E-state index is 6.20. The second-order valence-electron chi connectivity index (χ2n) is 3.85. The lowest BCUT2D eigenvalue weighted by atomic mass is 9.99. The summed E-state index contributed by atoms with van der Waals surface area (Å²) >= 11 is 12.2. The Morgan fingerprint density at radius 1 is 1.06 bits per heavy atom. The number of ether oxygens (including phenoxy) is 1. The van der Waals surface area contributed by atoms with Crippen molar-refractivity contribution in [3.8, 4) is 16.9 Å². The van der Waals surface area contributed by atoms with E-state index in [-0.39, 0.29) is 0 Å². The second-order valence-corrected chi connectivity index (χ2v) is 4.70. The van der Waals surface area contributed by atoms with Crippen LogP contribution in [0.1, 0.15) is 5.56 Å². The number of hydrogen-bond donors (Lipinski definition) is 1. The zero-order chi connectivity index (χ0) is 13.1. The number of methoxy groups -OCH3 is 1. The molecule has 0 spiro atoms. The number of rotatable bonds is 3. The molecule has 2 N–H and O–H groups in total. The van der Waals surface area contributed by atoms with E-state index in [1.54, 1.807) is 19.2 Å². The Kier molecular flexibility index (Phi) is 4.12. The molecule has 2 aromatic carbocycles. The first-order valence-corrected chi connectivity index (χ1v) is 6.23. The van der Waals surface area contributed by atoms with Crippen LogP contribution >= 0.6 is 23.2 Å². The van der Waals surface area contributed by atoms with Gasteiger partial charge in [0.2, 0.25) is 0 Å². The molecule has 0 fully saturated rings. The third-order valence-electron chi connectivity index (χ3n) is 2.75. The van der Waals surface area contributed by atoms with Crippen LogP contribution in [-0.2, 0) is 6.54 Å². The molecule has 2 rings (SSSR count). The summed E-state index contributed by atoms with van der Waals surface area (Å²) in [5.74, 6) is 0.775. The lowest BCUT2D eigenvalue weighted by molar-refractivity contribution is 0.414. The first-order chi connectivity index (χ1) is 8.65.